The SMILES string of the molecule is OCCC1CC(NCc2ccccc2)CN(C2CCC2)C1. The second-order valence-electron chi connectivity index (χ2n) is 6.72. The number of rotatable bonds is 6. The maximum atomic E-state index is 9.27. The monoisotopic (exact) mass is 288 g/mol. The zero-order valence-corrected chi connectivity index (χ0v) is 12.9. The van der Waals surface area contributed by atoms with Crippen molar-refractivity contribution in [2.45, 2.75) is 50.7 Å². The van der Waals surface area contributed by atoms with Crippen molar-refractivity contribution in [3.05, 3.63) is 35.9 Å². The summed E-state index contributed by atoms with van der Waals surface area (Å²) >= 11 is 0. The van der Waals surface area contributed by atoms with Gasteiger partial charge in [-0.3, -0.25) is 4.90 Å². The van der Waals surface area contributed by atoms with Crippen LogP contribution in [0.3, 0.4) is 0 Å². The van der Waals surface area contributed by atoms with Gasteiger partial charge in [-0.2, -0.15) is 0 Å². The van der Waals surface area contributed by atoms with E-state index in [1.807, 2.05) is 0 Å². The molecule has 2 aliphatic rings. The second kappa shape index (κ2) is 7.39. The van der Waals surface area contributed by atoms with Crippen LogP contribution in [-0.2, 0) is 6.54 Å². The number of benzene rings is 1. The first-order valence-electron chi connectivity index (χ1n) is 8.47. The Morgan fingerprint density at radius 1 is 1.14 bits per heavy atom. The number of aliphatic hydroxyl groups excluding tert-OH is 1. The van der Waals surface area contributed by atoms with Gasteiger partial charge >= 0.3 is 0 Å². The normalized spacial score (nSPS) is 27.5. The molecule has 3 heteroatoms. The lowest BCUT2D eigenvalue weighted by Gasteiger charge is -2.45. The Morgan fingerprint density at radius 2 is 1.95 bits per heavy atom. The molecule has 1 aromatic rings. The fraction of sp³-hybridized carbons (Fsp3) is 0.667. The summed E-state index contributed by atoms with van der Waals surface area (Å²) in [5, 5.41) is 13.0. The summed E-state index contributed by atoms with van der Waals surface area (Å²) in [4.78, 5) is 2.68. The Bertz CT molecular complexity index is 418. The van der Waals surface area contributed by atoms with Crippen molar-refractivity contribution in [1.82, 2.24) is 10.2 Å². The molecule has 1 aliphatic heterocycles. The van der Waals surface area contributed by atoms with Crippen LogP contribution in [0.5, 0.6) is 0 Å². The van der Waals surface area contributed by atoms with Gasteiger partial charge in [0.2, 0.25) is 0 Å². The van der Waals surface area contributed by atoms with E-state index in [1.165, 1.54) is 44.3 Å². The van der Waals surface area contributed by atoms with Crippen molar-refractivity contribution in [3.8, 4) is 0 Å². The minimum absolute atomic E-state index is 0.328. The number of piperidine rings is 1. The van der Waals surface area contributed by atoms with Gasteiger partial charge in [0.1, 0.15) is 0 Å². The largest absolute Gasteiger partial charge is 0.396 e. The third kappa shape index (κ3) is 4.06. The van der Waals surface area contributed by atoms with Crippen molar-refractivity contribution in [3.63, 3.8) is 0 Å². The van der Waals surface area contributed by atoms with E-state index in [9.17, 15) is 5.11 Å². The standard InChI is InChI=1S/C18H28N2O/c21-10-9-16-11-17(14-20(13-16)18-7-4-8-18)19-12-15-5-2-1-3-6-15/h1-3,5-6,16-19,21H,4,7-14H2. The molecule has 116 valence electrons. The zero-order chi connectivity index (χ0) is 14.5. The summed E-state index contributed by atoms with van der Waals surface area (Å²) in [5.41, 5.74) is 1.36. The summed E-state index contributed by atoms with van der Waals surface area (Å²) in [6, 6.07) is 12.0. The van der Waals surface area contributed by atoms with E-state index >= 15 is 0 Å². The number of hydrogen-bond donors (Lipinski definition) is 2. The highest BCUT2D eigenvalue weighted by atomic mass is 16.3. The lowest BCUT2D eigenvalue weighted by Crippen LogP contribution is -2.54. The van der Waals surface area contributed by atoms with Crippen molar-refractivity contribution in [2.24, 2.45) is 5.92 Å². The maximum Gasteiger partial charge on any atom is 0.0434 e. The summed E-state index contributed by atoms with van der Waals surface area (Å²) < 4.78 is 0. The van der Waals surface area contributed by atoms with E-state index in [-0.39, 0.29) is 0 Å². The van der Waals surface area contributed by atoms with Crippen molar-refractivity contribution in [2.75, 3.05) is 19.7 Å². The van der Waals surface area contributed by atoms with Crippen LogP contribution in [0.25, 0.3) is 0 Å². The molecular weight excluding hydrogens is 260 g/mol. The predicted molar refractivity (Wildman–Crippen MR) is 86.1 cm³/mol. The van der Waals surface area contributed by atoms with Gasteiger partial charge in [0.05, 0.1) is 0 Å². The molecule has 1 heterocycles. The van der Waals surface area contributed by atoms with Gasteiger partial charge < -0.3 is 10.4 Å². The molecule has 0 spiro atoms. The van der Waals surface area contributed by atoms with Gasteiger partial charge in [-0.15, -0.1) is 0 Å². The Morgan fingerprint density at radius 3 is 2.62 bits per heavy atom. The van der Waals surface area contributed by atoms with Crippen LogP contribution < -0.4 is 5.32 Å². The first-order valence-corrected chi connectivity index (χ1v) is 8.47. The molecule has 3 nitrogen and oxygen atoms in total. The molecule has 2 unspecified atom stereocenters. The molecule has 1 aliphatic carbocycles. The third-order valence-electron chi connectivity index (χ3n) is 5.13. The molecule has 0 amide bonds. The highest BCUT2D eigenvalue weighted by molar-refractivity contribution is 5.14. The molecule has 0 aromatic heterocycles. The molecule has 0 bridgehead atoms. The summed E-state index contributed by atoms with van der Waals surface area (Å²) in [6.07, 6.45) is 6.30. The summed E-state index contributed by atoms with van der Waals surface area (Å²) in [6.45, 7) is 3.65. The number of nitrogens with zero attached hydrogens (tertiary/aromatic N) is 1. The molecule has 1 saturated carbocycles. The average molecular weight is 288 g/mol. The fourth-order valence-corrected chi connectivity index (χ4v) is 3.69. The number of hydrogen-bond acceptors (Lipinski definition) is 3. The smallest absolute Gasteiger partial charge is 0.0434 e. The second-order valence-corrected chi connectivity index (χ2v) is 6.72. The minimum atomic E-state index is 0.328. The summed E-state index contributed by atoms with van der Waals surface area (Å²) in [5.74, 6) is 0.651. The quantitative estimate of drug-likeness (QED) is 0.844. The minimum Gasteiger partial charge on any atom is -0.396 e. The lowest BCUT2D eigenvalue weighted by molar-refractivity contribution is 0.0504. The molecular formula is C18H28N2O. The van der Waals surface area contributed by atoms with Crippen molar-refractivity contribution >= 4 is 0 Å². The molecule has 2 N–H and O–H groups in total. The first kappa shape index (κ1) is 15.0. The average Bonchev–Trinajstić information content (AvgIpc) is 2.45. The molecule has 1 aromatic carbocycles. The van der Waals surface area contributed by atoms with Crippen molar-refractivity contribution < 1.29 is 5.11 Å². The van der Waals surface area contributed by atoms with Crippen molar-refractivity contribution in [1.29, 1.82) is 0 Å². The van der Waals surface area contributed by atoms with Gasteiger partial charge in [-0.25, -0.2) is 0 Å². The van der Waals surface area contributed by atoms with Crippen LogP contribution in [0.15, 0.2) is 30.3 Å². The highest BCUT2D eigenvalue weighted by Crippen LogP contribution is 2.30. The number of aliphatic hydroxyl groups is 1. The highest BCUT2D eigenvalue weighted by Gasteiger charge is 2.33. The zero-order valence-electron chi connectivity index (χ0n) is 12.9. The van der Waals surface area contributed by atoms with E-state index in [0.29, 0.717) is 18.6 Å². The van der Waals surface area contributed by atoms with Crippen LogP contribution in [0.4, 0.5) is 0 Å². The van der Waals surface area contributed by atoms with E-state index in [0.717, 1.165) is 19.0 Å². The van der Waals surface area contributed by atoms with Crippen LogP contribution in [-0.4, -0.2) is 41.8 Å². The van der Waals surface area contributed by atoms with Gasteiger partial charge in [0.25, 0.3) is 0 Å². The van der Waals surface area contributed by atoms with Crippen LogP contribution in [0, 0.1) is 5.92 Å². The predicted octanol–water partition coefficient (Wildman–Crippen LogP) is 2.40. The maximum absolute atomic E-state index is 9.27. The Labute approximate surface area is 128 Å². The number of nitrogens with one attached hydrogen (secondary N) is 1. The topological polar surface area (TPSA) is 35.5 Å². The fourth-order valence-electron chi connectivity index (χ4n) is 3.69. The van der Waals surface area contributed by atoms with Crippen LogP contribution in [0.1, 0.15) is 37.7 Å². The van der Waals surface area contributed by atoms with Crippen LogP contribution >= 0.6 is 0 Å². The Kier molecular flexibility index (Phi) is 5.28. The third-order valence-corrected chi connectivity index (χ3v) is 5.13. The van der Waals surface area contributed by atoms with E-state index in [4.69, 9.17) is 0 Å². The molecule has 21 heavy (non-hydrogen) atoms. The molecule has 2 fully saturated rings. The molecule has 2 atom stereocenters. The Hall–Kier alpha value is -0.900. The van der Waals surface area contributed by atoms with E-state index < -0.39 is 0 Å². The first-order chi connectivity index (χ1) is 10.3. The van der Waals surface area contributed by atoms with Gasteiger partial charge in [-0.1, -0.05) is 36.8 Å². The van der Waals surface area contributed by atoms with Gasteiger partial charge in [-0.05, 0) is 37.2 Å². The molecule has 1 saturated heterocycles. The molecule has 0 radical (unpaired) electrons. The lowest BCUT2D eigenvalue weighted by atomic mass is 9.85. The number of likely N-dealkylation sites (tertiary alicyclic amines) is 1. The van der Waals surface area contributed by atoms with E-state index in [2.05, 4.69) is 40.5 Å². The van der Waals surface area contributed by atoms with Crippen LogP contribution in [0.2, 0.25) is 0 Å². The Balaban J connectivity index is 1.54. The molecule has 3 rings (SSSR count). The van der Waals surface area contributed by atoms with E-state index in [1.54, 1.807) is 0 Å². The summed E-state index contributed by atoms with van der Waals surface area (Å²) in [7, 11) is 0. The van der Waals surface area contributed by atoms with Gasteiger partial charge in [0, 0.05) is 38.3 Å². The van der Waals surface area contributed by atoms with Gasteiger partial charge in [0.15, 0.2) is 0 Å².